The molecule has 16 heavy (non-hydrogen) atoms. The molecule has 0 atom stereocenters. The van der Waals surface area contributed by atoms with E-state index in [4.69, 9.17) is 10.8 Å². The molecule has 2 N–H and O–H groups in total. The van der Waals surface area contributed by atoms with Crippen LogP contribution in [0.25, 0.3) is 0 Å². The van der Waals surface area contributed by atoms with Crippen molar-refractivity contribution in [2.45, 2.75) is 38.3 Å². The van der Waals surface area contributed by atoms with Crippen molar-refractivity contribution in [2.75, 3.05) is 19.6 Å². The third-order valence-corrected chi connectivity index (χ3v) is 3.86. The van der Waals surface area contributed by atoms with E-state index in [0.29, 0.717) is 0 Å². The molecule has 0 radical (unpaired) electrons. The van der Waals surface area contributed by atoms with E-state index in [1.165, 1.54) is 30.7 Å². The second kappa shape index (κ2) is 4.18. The van der Waals surface area contributed by atoms with Crippen LogP contribution in [0.1, 0.15) is 36.6 Å². The molecule has 1 aliphatic carbocycles. The lowest BCUT2D eigenvalue weighted by Gasteiger charge is -2.26. The maximum absolute atomic E-state index is 5.60. The molecular weight excluding hydrogens is 200 g/mol. The second-order valence-corrected chi connectivity index (χ2v) is 4.98. The molecule has 4 nitrogen and oxygen atoms in total. The Bertz CT molecular complexity index is 367. The molecule has 1 aromatic heterocycles. The van der Waals surface area contributed by atoms with Gasteiger partial charge < -0.3 is 5.73 Å². The quantitative estimate of drug-likeness (QED) is 0.824. The van der Waals surface area contributed by atoms with E-state index in [9.17, 15) is 0 Å². The minimum absolute atomic E-state index is 0.751. The monoisotopic (exact) mass is 220 g/mol. The SMILES string of the molecule is NCCN1CCn2nc(C3CCC3)cc2C1. The van der Waals surface area contributed by atoms with Crippen LogP contribution in [0.5, 0.6) is 0 Å². The number of hydrogen-bond donors (Lipinski definition) is 1. The Morgan fingerprint density at radius 3 is 2.94 bits per heavy atom. The van der Waals surface area contributed by atoms with Gasteiger partial charge in [0.1, 0.15) is 0 Å². The Balaban J connectivity index is 1.74. The number of nitrogens with zero attached hydrogens (tertiary/aromatic N) is 3. The average molecular weight is 220 g/mol. The lowest BCUT2D eigenvalue weighted by molar-refractivity contribution is 0.218. The first kappa shape index (κ1) is 10.3. The van der Waals surface area contributed by atoms with Crippen molar-refractivity contribution < 1.29 is 0 Å². The summed E-state index contributed by atoms with van der Waals surface area (Å²) in [6.07, 6.45) is 4.05. The van der Waals surface area contributed by atoms with Crippen LogP contribution >= 0.6 is 0 Å². The van der Waals surface area contributed by atoms with Gasteiger partial charge in [-0.25, -0.2) is 0 Å². The van der Waals surface area contributed by atoms with Crippen LogP contribution in [0, 0.1) is 0 Å². The summed E-state index contributed by atoms with van der Waals surface area (Å²) in [7, 11) is 0. The van der Waals surface area contributed by atoms with Gasteiger partial charge >= 0.3 is 0 Å². The molecule has 0 amide bonds. The highest BCUT2D eigenvalue weighted by Gasteiger charge is 2.25. The lowest BCUT2D eigenvalue weighted by atomic mass is 9.83. The topological polar surface area (TPSA) is 47.1 Å². The standard InChI is InChI=1S/C12H20N4/c13-4-5-15-6-7-16-11(9-15)8-12(14-16)10-2-1-3-10/h8,10H,1-7,9,13H2. The zero-order valence-electron chi connectivity index (χ0n) is 9.73. The Morgan fingerprint density at radius 2 is 2.25 bits per heavy atom. The molecule has 0 bridgehead atoms. The summed E-state index contributed by atoms with van der Waals surface area (Å²) in [6, 6.07) is 2.31. The van der Waals surface area contributed by atoms with Gasteiger partial charge in [0.2, 0.25) is 0 Å². The first-order valence-electron chi connectivity index (χ1n) is 6.36. The Kier molecular flexibility index (Phi) is 2.69. The predicted octanol–water partition coefficient (Wildman–Crippen LogP) is 0.925. The summed E-state index contributed by atoms with van der Waals surface area (Å²) in [4.78, 5) is 2.42. The van der Waals surface area contributed by atoms with Crippen molar-refractivity contribution in [2.24, 2.45) is 5.73 Å². The van der Waals surface area contributed by atoms with E-state index in [1.54, 1.807) is 0 Å². The summed E-state index contributed by atoms with van der Waals surface area (Å²) >= 11 is 0. The average Bonchev–Trinajstić information content (AvgIpc) is 2.57. The molecule has 1 aromatic rings. The van der Waals surface area contributed by atoms with Crippen LogP contribution in [0.3, 0.4) is 0 Å². The van der Waals surface area contributed by atoms with Gasteiger partial charge in [-0.05, 0) is 18.9 Å². The van der Waals surface area contributed by atoms with Gasteiger partial charge in [-0.1, -0.05) is 6.42 Å². The third-order valence-electron chi connectivity index (χ3n) is 3.86. The summed E-state index contributed by atoms with van der Waals surface area (Å²) in [5, 5.41) is 4.73. The molecule has 1 saturated carbocycles. The van der Waals surface area contributed by atoms with Gasteiger partial charge in [-0.3, -0.25) is 9.58 Å². The summed E-state index contributed by atoms with van der Waals surface area (Å²) in [6.45, 7) is 4.91. The zero-order valence-corrected chi connectivity index (χ0v) is 9.73. The highest BCUT2D eigenvalue weighted by atomic mass is 15.3. The largest absolute Gasteiger partial charge is 0.329 e. The Morgan fingerprint density at radius 1 is 1.38 bits per heavy atom. The molecule has 1 fully saturated rings. The smallest absolute Gasteiger partial charge is 0.0658 e. The molecule has 88 valence electrons. The molecule has 1 aliphatic heterocycles. The van der Waals surface area contributed by atoms with E-state index in [2.05, 4.69) is 15.6 Å². The van der Waals surface area contributed by atoms with Gasteiger partial charge in [0.15, 0.2) is 0 Å². The number of hydrogen-bond acceptors (Lipinski definition) is 3. The van der Waals surface area contributed by atoms with Crippen LogP contribution in [0.15, 0.2) is 6.07 Å². The number of nitrogens with two attached hydrogens (primary N) is 1. The number of aromatic nitrogens is 2. The summed E-state index contributed by atoms with van der Waals surface area (Å²) in [5.74, 6) is 0.751. The van der Waals surface area contributed by atoms with E-state index < -0.39 is 0 Å². The first-order chi connectivity index (χ1) is 7.86. The molecule has 3 rings (SSSR count). The minimum atomic E-state index is 0.751. The maximum atomic E-state index is 5.60. The Labute approximate surface area is 96.4 Å². The van der Waals surface area contributed by atoms with Gasteiger partial charge in [0.25, 0.3) is 0 Å². The molecule has 0 spiro atoms. The second-order valence-electron chi connectivity index (χ2n) is 4.98. The molecule has 0 unspecified atom stereocenters. The summed E-state index contributed by atoms with van der Waals surface area (Å²) in [5.41, 5.74) is 8.31. The fourth-order valence-corrected chi connectivity index (χ4v) is 2.62. The van der Waals surface area contributed by atoms with Crippen molar-refractivity contribution in [3.63, 3.8) is 0 Å². The highest BCUT2D eigenvalue weighted by Crippen LogP contribution is 2.36. The zero-order chi connectivity index (χ0) is 11.0. The van der Waals surface area contributed by atoms with Gasteiger partial charge in [-0.2, -0.15) is 5.10 Å². The van der Waals surface area contributed by atoms with E-state index in [1.807, 2.05) is 0 Å². The maximum Gasteiger partial charge on any atom is 0.0658 e. The van der Waals surface area contributed by atoms with E-state index in [-0.39, 0.29) is 0 Å². The third kappa shape index (κ3) is 1.76. The normalized spacial score (nSPS) is 21.8. The van der Waals surface area contributed by atoms with Crippen LogP contribution in [-0.4, -0.2) is 34.3 Å². The van der Waals surface area contributed by atoms with Crippen molar-refractivity contribution in [1.29, 1.82) is 0 Å². The van der Waals surface area contributed by atoms with E-state index >= 15 is 0 Å². The van der Waals surface area contributed by atoms with Crippen LogP contribution in [0.4, 0.5) is 0 Å². The van der Waals surface area contributed by atoms with Gasteiger partial charge in [0, 0.05) is 32.1 Å². The molecule has 4 heteroatoms. The van der Waals surface area contributed by atoms with Crippen molar-refractivity contribution in [1.82, 2.24) is 14.7 Å². The molecule has 0 aromatic carbocycles. The summed E-state index contributed by atoms with van der Waals surface area (Å²) < 4.78 is 2.20. The van der Waals surface area contributed by atoms with Gasteiger partial charge in [-0.15, -0.1) is 0 Å². The van der Waals surface area contributed by atoms with Crippen LogP contribution in [-0.2, 0) is 13.1 Å². The minimum Gasteiger partial charge on any atom is -0.329 e. The van der Waals surface area contributed by atoms with E-state index in [0.717, 1.165) is 38.6 Å². The fraction of sp³-hybridized carbons (Fsp3) is 0.750. The van der Waals surface area contributed by atoms with Crippen molar-refractivity contribution >= 4 is 0 Å². The van der Waals surface area contributed by atoms with Gasteiger partial charge in [0.05, 0.1) is 17.9 Å². The molecule has 2 aliphatic rings. The predicted molar refractivity (Wildman–Crippen MR) is 63.2 cm³/mol. The fourth-order valence-electron chi connectivity index (χ4n) is 2.62. The Hall–Kier alpha value is -0.870. The molecule has 2 heterocycles. The van der Waals surface area contributed by atoms with Crippen molar-refractivity contribution in [3.05, 3.63) is 17.5 Å². The molecule has 0 saturated heterocycles. The van der Waals surface area contributed by atoms with Crippen LogP contribution in [0.2, 0.25) is 0 Å². The lowest BCUT2D eigenvalue weighted by Crippen LogP contribution is -2.36. The first-order valence-corrected chi connectivity index (χ1v) is 6.36. The van der Waals surface area contributed by atoms with Crippen LogP contribution < -0.4 is 5.73 Å². The number of rotatable bonds is 3. The van der Waals surface area contributed by atoms with Crippen molar-refractivity contribution in [3.8, 4) is 0 Å². The number of fused-ring (bicyclic) bond motifs is 1. The molecular formula is C12H20N4. The highest BCUT2D eigenvalue weighted by molar-refractivity contribution is 5.17.